The Labute approximate surface area is 185 Å². The number of nitrogens with one attached hydrogen (secondary N) is 1. The number of benzene rings is 1. The monoisotopic (exact) mass is 432 g/mol. The Morgan fingerprint density at radius 1 is 1.03 bits per heavy atom. The number of rotatable bonds is 6. The van der Waals surface area contributed by atoms with Gasteiger partial charge in [-0.2, -0.15) is 0 Å². The molecule has 1 aliphatic carbocycles. The number of piperazine rings is 1. The van der Waals surface area contributed by atoms with E-state index < -0.39 is 0 Å². The first-order chi connectivity index (χ1) is 15.7. The van der Waals surface area contributed by atoms with E-state index in [-0.39, 0.29) is 17.5 Å². The van der Waals surface area contributed by atoms with E-state index in [1.807, 2.05) is 17.0 Å². The zero-order valence-electron chi connectivity index (χ0n) is 17.6. The molecule has 1 aliphatic heterocycles. The summed E-state index contributed by atoms with van der Waals surface area (Å²) < 4.78 is 5.24. The molecular weight excluding hydrogens is 408 g/mol. The molecule has 1 N–H and O–H groups in total. The number of aromatic nitrogens is 3. The fourth-order valence-electron chi connectivity index (χ4n) is 3.75. The van der Waals surface area contributed by atoms with Crippen molar-refractivity contribution in [1.29, 1.82) is 0 Å². The Morgan fingerprint density at radius 2 is 1.75 bits per heavy atom. The molecule has 2 aliphatic rings. The predicted octanol–water partition coefficient (Wildman–Crippen LogP) is 2.49. The lowest BCUT2D eigenvalue weighted by atomic mass is 10.1. The van der Waals surface area contributed by atoms with Gasteiger partial charge in [0.05, 0.1) is 6.42 Å². The quantitative estimate of drug-likeness (QED) is 0.638. The van der Waals surface area contributed by atoms with Crippen molar-refractivity contribution in [3.8, 4) is 0 Å². The van der Waals surface area contributed by atoms with Gasteiger partial charge in [-0.3, -0.25) is 9.59 Å². The number of carbonyl (C=O) groups excluding carboxylic acids is 2. The molecule has 0 unspecified atom stereocenters. The molecule has 5 rings (SSSR count). The van der Waals surface area contributed by atoms with Crippen molar-refractivity contribution in [2.24, 2.45) is 0 Å². The second kappa shape index (κ2) is 8.78. The Balaban J connectivity index is 1.12. The molecule has 9 heteroatoms. The summed E-state index contributed by atoms with van der Waals surface area (Å²) in [6, 6.07) is 10.8. The molecule has 3 heterocycles. The van der Waals surface area contributed by atoms with E-state index in [1.54, 1.807) is 36.7 Å². The molecule has 2 amide bonds. The van der Waals surface area contributed by atoms with E-state index in [0.717, 1.165) is 24.2 Å². The van der Waals surface area contributed by atoms with Crippen LogP contribution >= 0.6 is 0 Å². The summed E-state index contributed by atoms with van der Waals surface area (Å²) in [6.45, 7) is 2.72. The Morgan fingerprint density at radius 3 is 2.44 bits per heavy atom. The van der Waals surface area contributed by atoms with Gasteiger partial charge in [-0.15, -0.1) is 0 Å². The van der Waals surface area contributed by atoms with Crippen LogP contribution in [-0.2, 0) is 11.2 Å². The van der Waals surface area contributed by atoms with Crippen LogP contribution in [-0.4, -0.2) is 58.0 Å². The SMILES string of the molecule is O=C(Nc1ccc(CC(=O)N2CCN(c3ncccn3)CC2)cc1)c1cc(C2CC2)on1. The van der Waals surface area contributed by atoms with Crippen LogP contribution in [0.3, 0.4) is 0 Å². The number of nitrogens with zero attached hydrogens (tertiary/aromatic N) is 5. The first-order valence-corrected chi connectivity index (χ1v) is 10.8. The van der Waals surface area contributed by atoms with Crippen LogP contribution in [0.1, 0.15) is 40.6 Å². The lowest BCUT2D eigenvalue weighted by Gasteiger charge is -2.34. The smallest absolute Gasteiger partial charge is 0.277 e. The summed E-state index contributed by atoms with van der Waals surface area (Å²) in [7, 11) is 0. The largest absolute Gasteiger partial charge is 0.360 e. The second-order valence-electron chi connectivity index (χ2n) is 8.13. The lowest BCUT2D eigenvalue weighted by molar-refractivity contribution is -0.130. The van der Waals surface area contributed by atoms with Gasteiger partial charge in [0.2, 0.25) is 11.9 Å². The normalized spacial score (nSPS) is 16.1. The van der Waals surface area contributed by atoms with E-state index in [1.165, 1.54) is 0 Å². The molecular formula is C23H24N6O3. The lowest BCUT2D eigenvalue weighted by Crippen LogP contribution is -2.49. The maximum Gasteiger partial charge on any atom is 0.277 e. The molecule has 0 spiro atoms. The minimum atomic E-state index is -0.301. The van der Waals surface area contributed by atoms with Crippen molar-refractivity contribution in [2.45, 2.75) is 25.2 Å². The third kappa shape index (κ3) is 4.61. The highest BCUT2D eigenvalue weighted by Gasteiger charge is 2.29. The third-order valence-electron chi connectivity index (χ3n) is 5.78. The minimum Gasteiger partial charge on any atom is -0.360 e. The minimum absolute atomic E-state index is 0.0885. The summed E-state index contributed by atoms with van der Waals surface area (Å²) >= 11 is 0. The van der Waals surface area contributed by atoms with E-state index in [4.69, 9.17) is 4.52 Å². The summed E-state index contributed by atoms with van der Waals surface area (Å²) in [5.41, 5.74) is 1.84. The van der Waals surface area contributed by atoms with Crippen LogP contribution in [0.15, 0.2) is 53.3 Å². The van der Waals surface area contributed by atoms with Gasteiger partial charge in [0, 0.05) is 56.2 Å². The van der Waals surface area contributed by atoms with Crippen molar-refractivity contribution >= 4 is 23.5 Å². The van der Waals surface area contributed by atoms with Gasteiger partial charge >= 0.3 is 0 Å². The maximum absolute atomic E-state index is 12.7. The summed E-state index contributed by atoms with van der Waals surface area (Å²) in [6.07, 6.45) is 5.96. The number of carbonyl (C=O) groups is 2. The predicted molar refractivity (Wildman–Crippen MR) is 117 cm³/mol. The number of anilines is 2. The molecule has 1 saturated heterocycles. The third-order valence-corrected chi connectivity index (χ3v) is 5.78. The van der Waals surface area contributed by atoms with Crippen LogP contribution in [0.5, 0.6) is 0 Å². The van der Waals surface area contributed by atoms with Crippen LogP contribution in [0.2, 0.25) is 0 Å². The van der Waals surface area contributed by atoms with E-state index in [0.29, 0.717) is 50.2 Å². The molecule has 0 atom stereocenters. The average Bonchev–Trinajstić information content (AvgIpc) is 3.57. The topological polar surface area (TPSA) is 104 Å². The van der Waals surface area contributed by atoms with Crippen LogP contribution < -0.4 is 10.2 Å². The molecule has 3 aromatic rings. The summed E-state index contributed by atoms with van der Waals surface area (Å²) in [4.78, 5) is 37.6. The van der Waals surface area contributed by atoms with Gasteiger partial charge in [-0.05, 0) is 36.6 Å². The average molecular weight is 432 g/mol. The van der Waals surface area contributed by atoms with Gasteiger partial charge in [-0.25, -0.2) is 9.97 Å². The Hall–Kier alpha value is -3.75. The molecule has 2 aromatic heterocycles. The number of amides is 2. The standard InChI is InChI=1S/C23H24N6O3/c30-21(28-10-12-29(13-11-28)23-24-8-1-9-25-23)14-16-2-6-18(7-3-16)26-22(31)19-15-20(32-27-19)17-4-5-17/h1-3,6-9,15,17H,4-5,10-14H2,(H,26,31). The molecule has 164 valence electrons. The highest BCUT2D eigenvalue weighted by atomic mass is 16.5. The molecule has 1 aromatic carbocycles. The number of hydrogen-bond donors (Lipinski definition) is 1. The van der Waals surface area contributed by atoms with E-state index in [9.17, 15) is 9.59 Å². The van der Waals surface area contributed by atoms with Gasteiger partial charge in [0.15, 0.2) is 5.69 Å². The Bertz CT molecular complexity index is 1090. The van der Waals surface area contributed by atoms with Gasteiger partial charge in [-0.1, -0.05) is 17.3 Å². The second-order valence-corrected chi connectivity index (χ2v) is 8.13. The van der Waals surface area contributed by atoms with E-state index in [2.05, 4.69) is 25.3 Å². The van der Waals surface area contributed by atoms with Crippen LogP contribution in [0.25, 0.3) is 0 Å². The van der Waals surface area contributed by atoms with Crippen molar-refractivity contribution in [2.75, 3.05) is 36.4 Å². The van der Waals surface area contributed by atoms with Crippen molar-refractivity contribution in [3.05, 3.63) is 65.8 Å². The van der Waals surface area contributed by atoms with Crippen LogP contribution in [0, 0.1) is 0 Å². The fraction of sp³-hybridized carbons (Fsp3) is 0.348. The maximum atomic E-state index is 12.7. The Kier molecular flexibility index (Phi) is 5.53. The van der Waals surface area contributed by atoms with Crippen molar-refractivity contribution in [3.63, 3.8) is 0 Å². The first-order valence-electron chi connectivity index (χ1n) is 10.8. The molecule has 0 bridgehead atoms. The van der Waals surface area contributed by atoms with Gasteiger partial charge in [0.1, 0.15) is 5.76 Å². The van der Waals surface area contributed by atoms with Crippen molar-refractivity contribution in [1.82, 2.24) is 20.0 Å². The summed E-state index contributed by atoms with van der Waals surface area (Å²) in [5, 5.41) is 6.68. The van der Waals surface area contributed by atoms with Crippen molar-refractivity contribution < 1.29 is 14.1 Å². The highest BCUT2D eigenvalue weighted by Crippen LogP contribution is 2.40. The molecule has 32 heavy (non-hydrogen) atoms. The zero-order chi connectivity index (χ0) is 21.9. The molecule has 2 fully saturated rings. The molecule has 0 radical (unpaired) electrons. The van der Waals surface area contributed by atoms with Gasteiger partial charge in [0.25, 0.3) is 5.91 Å². The zero-order valence-corrected chi connectivity index (χ0v) is 17.6. The van der Waals surface area contributed by atoms with Gasteiger partial charge < -0.3 is 19.6 Å². The van der Waals surface area contributed by atoms with E-state index >= 15 is 0 Å². The first kappa shape index (κ1) is 20.2. The fourth-order valence-corrected chi connectivity index (χ4v) is 3.75. The number of hydrogen-bond acceptors (Lipinski definition) is 7. The molecule has 1 saturated carbocycles. The van der Waals surface area contributed by atoms with Crippen LogP contribution in [0.4, 0.5) is 11.6 Å². The summed E-state index contributed by atoms with van der Waals surface area (Å²) in [5.74, 6) is 1.68. The molecule has 9 nitrogen and oxygen atoms in total. The highest BCUT2D eigenvalue weighted by molar-refractivity contribution is 6.02.